The predicted molar refractivity (Wildman–Crippen MR) is 94.4 cm³/mol. The van der Waals surface area contributed by atoms with Crippen molar-refractivity contribution in [2.75, 3.05) is 20.2 Å². The average molecular weight is 413 g/mol. The van der Waals surface area contributed by atoms with Crippen LogP contribution >= 0.6 is 15.9 Å². The summed E-state index contributed by atoms with van der Waals surface area (Å²) in [5, 5.41) is 2.69. The van der Waals surface area contributed by atoms with Crippen molar-refractivity contribution in [1.82, 2.24) is 10.2 Å². The lowest BCUT2D eigenvalue weighted by molar-refractivity contribution is -0.151. The third-order valence-corrected chi connectivity index (χ3v) is 4.34. The van der Waals surface area contributed by atoms with Gasteiger partial charge in [-0.2, -0.15) is 0 Å². The molecular weight excluding hydrogens is 392 g/mol. The third kappa shape index (κ3) is 4.72. The molecule has 2 rings (SSSR count). The van der Waals surface area contributed by atoms with Gasteiger partial charge in [-0.25, -0.2) is 0 Å². The highest BCUT2D eigenvalue weighted by atomic mass is 79.9. The number of methoxy groups -OCH3 is 1. The van der Waals surface area contributed by atoms with Crippen LogP contribution in [0.5, 0.6) is 5.75 Å². The quantitative estimate of drug-likeness (QED) is 0.744. The van der Waals surface area contributed by atoms with Crippen molar-refractivity contribution < 1.29 is 23.9 Å². The first-order chi connectivity index (χ1) is 11.8. The fourth-order valence-corrected chi connectivity index (χ4v) is 3.14. The molecule has 0 saturated carbocycles. The maximum Gasteiger partial charge on any atom is 0.308 e. The SMILES string of the molecule is COc1ccc(C(=O)N2CCNC(=O)C2CC(=O)OC(C)C)cc1Br. The summed E-state index contributed by atoms with van der Waals surface area (Å²) < 4.78 is 10.9. The van der Waals surface area contributed by atoms with Crippen molar-refractivity contribution in [1.29, 1.82) is 0 Å². The zero-order chi connectivity index (χ0) is 18.6. The van der Waals surface area contributed by atoms with Crippen molar-refractivity contribution in [3.8, 4) is 5.75 Å². The Labute approximate surface area is 154 Å². The molecule has 1 saturated heterocycles. The second-order valence-electron chi connectivity index (χ2n) is 5.90. The Hall–Kier alpha value is -2.09. The molecular formula is C17H21BrN2O5. The van der Waals surface area contributed by atoms with Crippen LogP contribution in [0.25, 0.3) is 0 Å². The van der Waals surface area contributed by atoms with Gasteiger partial charge in [0.1, 0.15) is 11.8 Å². The first-order valence-corrected chi connectivity index (χ1v) is 8.74. The molecule has 1 atom stereocenters. The van der Waals surface area contributed by atoms with E-state index in [4.69, 9.17) is 9.47 Å². The summed E-state index contributed by atoms with van der Waals surface area (Å²) in [6.45, 7) is 4.14. The summed E-state index contributed by atoms with van der Waals surface area (Å²) in [7, 11) is 1.53. The number of ether oxygens (including phenoxy) is 2. The number of esters is 1. The van der Waals surface area contributed by atoms with E-state index in [2.05, 4.69) is 21.2 Å². The van der Waals surface area contributed by atoms with Gasteiger partial charge in [-0.05, 0) is 48.0 Å². The lowest BCUT2D eigenvalue weighted by atomic mass is 10.1. The molecule has 0 aliphatic carbocycles. The molecule has 1 unspecified atom stereocenters. The van der Waals surface area contributed by atoms with Gasteiger partial charge in [0.2, 0.25) is 5.91 Å². The molecule has 1 aliphatic heterocycles. The molecule has 1 aliphatic rings. The maximum absolute atomic E-state index is 12.8. The predicted octanol–water partition coefficient (Wildman–Crippen LogP) is 1.74. The number of hydrogen-bond acceptors (Lipinski definition) is 5. The molecule has 0 bridgehead atoms. The third-order valence-electron chi connectivity index (χ3n) is 3.72. The fourth-order valence-electron chi connectivity index (χ4n) is 2.59. The van der Waals surface area contributed by atoms with Crippen molar-refractivity contribution in [2.24, 2.45) is 0 Å². The van der Waals surface area contributed by atoms with Crippen LogP contribution in [0.1, 0.15) is 30.6 Å². The number of carbonyl (C=O) groups is 3. The van der Waals surface area contributed by atoms with E-state index in [1.54, 1.807) is 32.0 Å². The Kier molecular flexibility index (Phi) is 6.41. The van der Waals surface area contributed by atoms with Crippen LogP contribution in [0.4, 0.5) is 0 Å². The number of benzene rings is 1. The highest BCUT2D eigenvalue weighted by Gasteiger charge is 2.35. The largest absolute Gasteiger partial charge is 0.496 e. The Balaban J connectivity index is 2.21. The number of carbonyl (C=O) groups excluding carboxylic acids is 3. The molecule has 1 heterocycles. The van der Waals surface area contributed by atoms with Crippen LogP contribution in [0.3, 0.4) is 0 Å². The first kappa shape index (κ1) is 19.2. The Morgan fingerprint density at radius 3 is 2.72 bits per heavy atom. The zero-order valence-corrected chi connectivity index (χ0v) is 16.0. The number of nitrogens with one attached hydrogen (secondary N) is 1. The summed E-state index contributed by atoms with van der Waals surface area (Å²) in [5.41, 5.74) is 0.407. The van der Waals surface area contributed by atoms with Crippen molar-refractivity contribution in [2.45, 2.75) is 32.4 Å². The first-order valence-electron chi connectivity index (χ1n) is 7.95. The maximum atomic E-state index is 12.8. The Bertz CT molecular complexity index is 677. The van der Waals surface area contributed by atoms with Crippen molar-refractivity contribution in [3.63, 3.8) is 0 Å². The van der Waals surface area contributed by atoms with E-state index in [-0.39, 0.29) is 24.3 Å². The van der Waals surface area contributed by atoms with Gasteiger partial charge in [-0.15, -0.1) is 0 Å². The molecule has 0 spiro atoms. The number of rotatable bonds is 5. The minimum absolute atomic E-state index is 0.174. The second kappa shape index (κ2) is 8.33. The molecule has 7 nitrogen and oxygen atoms in total. The smallest absolute Gasteiger partial charge is 0.308 e. The van der Waals surface area contributed by atoms with Crippen LogP contribution in [0.15, 0.2) is 22.7 Å². The molecule has 1 aromatic carbocycles. The lowest BCUT2D eigenvalue weighted by Gasteiger charge is -2.34. The van der Waals surface area contributed by atoms with Gasteiger partial charge in [0, 0.05) is 18.7 Å². The molecule has 0 radical (unpaired) electrons. The number of piperazine rings is 1. The van der Waals surface area contributed by atoms with Gasteiger partial charge in [-0.1, -0.05) is 0 Å². The lowest BCUT2D eigenvalue weighted by Crippen LogP contribution is -2.57. The van der Waals surface area contributed by atoms with E-state index < -0.39 is 12.0 Å². The van der Waals surface area contributed by atoms with Gasteiger partial charge in [0.25, 0.3) is 5.91 Å². The molecule has 25 heavy (non-hydrogen) atoms. The molecule has 136 valence electrons. The van der Waals surface area contributed by atoms with Gasteiger partial charge < -0.3 is 19.7 Å². The van der Waals surface area contributed by atoms with Crippen LogP contribution < -0.4 is 10.1 Å². The second-order valence-corrected chi connectivity index (χ2v) is 6.75. The van der Waals surface area contributed by atoms with Crippen LogP contribution in [-0.2, 0) is 14.3 Å². The average Bonchev–Trinajstić information content (AvgIpc) is 2.55. The van der Waals surface area contributed by atoms with Crippen molar-refractivity contribution in [3.05, 3.63) is 28.2 Å². The number of amides is 2. The van der Waals surface area contributed by atoms with Crippen molar-refractivity contribution >= 4 is 33.7 Å². The molecule has 8 heteroatoms. The highest BCUT2D eigenvalue weighted by molar-refractivity contribution is 9.10. The van der Waals surface area contributed by atoms with E-state index in [0.717, 1.165) is 0 Å². The van der Waals surface area contributed by atoms with Gasteiger partial charge >= 0.3 is 5.97 Å². The molecule has 0 aromatic heterocycles. The Morgan fingerprint density at radius 1 is 1.40 bits per heavy atom. The number of hydrogen-bond donors (Lipinski definition) is 1. The van der Waals surface area contributed by atoms with E-state index in [1.165, 1.54) is 12.0 Å². The monoisotopic (exact) mass is 412 g/mol. The minimum atomic E-state index is -0.881. The van der Waals surface area contributed by atoms with E-state index in [9.17, 15) is 14.4 Å². The number of halogens is 1. The fraction of sp³-hybridized carbons (Fsp3) is 0.471. The van der Waals surface area contributed by atoms with E-state index in [1.807, 2.05) is 0 Å². The van der Waals surface area contributed by atoms with E-state index in [0.29, 0.717) is 28.9 Å². The van der Waals surface area contributed by atoms with Gasteiger partial charge in [0.05, 0.1) is 24.1 Å². The normalized spacial score (nSPS) is 17.2. The van der Waals surface area contributed by atoms with Crippen LogP contribution in [0.2, 0.25) is 0 Å². The topological polar surface area (TPSA) is 84.9 Å². The van der Waals surface area contributed by atoms with Crippen LogP contribution in [0, 0.1) is 0 Å². The summed E-state index contributed by atoms with van der Waals surface area (Å²) in [6, 6.07) is 4.05. The zero-order valence-electron chi connectivity index (χ0n) is 14.4. The Morgan fingerprint density at radius 2 is 2.12 bits per heavy atom. The number of nitrogens with zero attached hydrogens (tertiary/aromatic N) is 1. The van der Waals surface area contributed by atoms with Gasteiger partial charge in [0.15, 0.2) is 0 Å². The summed E-state index contributed by atoms with van der Waals surface area (Å²) in [6.07, 6.45) is -0.451. The highest BCUT2D eigenvalue weighted by Crippen LogP contribution is 2.26. The minimum Gasteiger partial charge on any atom is -0.496 e. The summed E-state index contributed by atoms with van der Waals surface area (Å²) in [5.74, 6) is -0.579. The standard InChI is InChI=1S/C17H21BrN2O5/c1-10(2)25-15(21)9-13-16(22)19-6-7-20(13)17(23)11-4-5-14(24-3)12(18)8-11/h4-5,8,10,13H,6-7,9H2,1-3H3,(H,19,22). The summed E-state index contributed by atoms with van der Waals surface area (Å²) >= 11 is 3.34. The summed E-state index contributed by atoms with van der Waals surface area (Å²) in [4.78, 5) is 38.4. The molecule has 2 amide bonds. The van der Waals surface area contributed by atoms with Crippen LogP contribution in [-0.4, -0.2) is 55.0 Å². The van der Waals surface area contributed by atoms with Gasteiger partial charge in [-0.3, -0.25) is 14.4 Å². The molecule has 1 N–H and O–H groups in total. The molecule has 1 aromatic rings. The molecule has 1 fully saturated rings. The van der Waals surface area contributed by atoms with E-state index >= 15 is 0 Å².